The number of carbonyl (C=O) groups excluding carboxylic acids is 1. The predicted molar refractivity (Wildman–Crippen MR) is 119 cm³/mol. The maximum absolute atomic E-state index is 13.4. The second kappa shape index (κ2) is 7.72. The number of aromatic amines is 1. The fourth-order valence-corrected chi connectivity index (χ4v) is 4.39. The van der Waals surface area contributed by atoms with Gasteiger partial charge in [-0.3, -0.25) is 4.79 Å². The average Bonchev–Trinajstić information content (AvgIpc) is 3.08. The summed E-state index contributed by atoms with van der Waals surface area (Å²) in [7, 11) is -4.09. The highest BCUT2D eigenvalue weighted by Gasteiger charge is 2.25. The minimum absolute atomic E-state index is 0.0453. The maximum atomic E-state index is 13.4. The Kier molecular flexibility index (Phi) is 5.10. The second-order valence-corrected chi connectivity index (χ2v) is 8.70. The number of hydrogen-bond donors (Lipinski definition) is 1. The summed E-state index contributed by atoms with van der Waals surface area (Å²) in [5, 5.41) is 0.747. The molecule has 5 nitrogen and oxygen atoms in total. The van der Waals surface area contributed by atoms with Crippen LogP contribution in [0, 0.1) is 13.8 Å². The third-order valence-corrected chi connectivity index (χ3v) is 6.20. The van der Waals surface area contributed by atoms with E-state index in [2.05, 4.69) is 9.38 Å². The number of carbonyl (C=O) groups is 1. The Hall–Kier alpha value is -3.51. The van der Waals surface area contributed by atoms with Gasteiger partial charge in [-0.2, -0.15) is 12.8 Å². The predicted octanol–water partition coefficient (Wildman–Crippen LogP) is 4.85. The fraction of sp³-hybridized carbons (Fsp3) is 0.0833. The lowest BCUT2D eigenvalue weighted by molar-refractivity contribution is 0.106. The molecule has 0 amide bonds. The maximum Gasteiger partial charge on any atom is 0.283 e. The van der Waals surface area contributed by atoms with Crippen LogP contribution in [0.2, 0.25) is 0 Å². The first-order valence-corrected chi connectivity index (χ1v) is 10.9. The zero-order chi connectivity index (χ0) is 21.3. The van der Waals surface area contributed by atoms with Gasteiger partial charge in [-0.25, -0.2) is 0 Å². The summed E-state index contributed by atoms with van der Waals surface area (Å²) in [5.74, 6) is -0.445. The van der Waals surface area contributed by atoms with E-state index < -0.39 is 15.8 Å². The molecular formula is C24H20N2O3S. The highest BCUT2D eigenvalue weighted by Crippen LogP contribution is 2.26. The van der Waals surface area contributed by atoms with Crippen molar-refractivity contribution in [2.45, 2.75) is 18.7 Å². The van der Waals surface area contributed by atoms with E-state index in [1.165, 1.54) is 12.1 Å². The van der Waals surface area contributed by atoms with Gasteiger partial charge in [0.25, 0.3) is 10.0 Å². The molecule has 4 rings (SSSR count). The minimum atomic E-state index is -4.09. The first-order chi connectivity index (χ1) is 14.4. The van der Waals surface area contributed by atoms with Crippen molar-refractivity contribution in [1.29, 1.82) is 0 Å². The van der Waals surface area contributed by atoms with Gasteiger partial charge in [0.15, 0.2) is 0 Å². The normalized spacial score (nSPS) is 12.3. The van der Waals surface area contributed by atoms with E-state index in [0.717, 1.165) is 16.5 Å². The monoisotopic (exact) mass is 416 g/mol. The van der Waals surface area contributed by atoms with Crippen LogP contribution in [-0.4, -0.2) is 24.9 Å². The van der Waals surface area contributed by atoms with Crippen LogP contribution < -0.4 is 0 Å². The van der Waals surface area contributed by atoms with Gasteiger partial charge in [-0.1, -0.05) is 66.2 Å². The summed E-state index contributed by atoms with van der Waals surface area (Å²) in [6, 6.07) is 22.4. The summed E-state index contributed by atoms with van der Waals surface area (Å²) in [6.45, 7) is 3.68. The molecule has 3 aromatic carbocycles. The molecule has 0 fully saturated rings. The van der Waals surface area contributed by atoms with Crippen LogP contribution in [0.25, 0.3) is 10.9 Å². The van der Waals surface area contributed by atoms with Crippen molar-refractivity contribution in [3.05, 3.63) is 101 Å². The first-order valence-electron chi connectivity index (χ1n) is 9.46. The lowest BCUT2D eigenvalue weighted by atomic mass is 9.98. The number of nitrogens with one attached hydrogen (secondary N) is 1. The summed E-state index contributed by atoms with van der Waals surface area (Å²) in [5.41, 5.74) is 3.20. The number of fused-ring (bicyclic) bond motifs is 1. The number of H-pyrrole nitrogens is 1. The topological polar surface area (TPSA) is 79.4 Å². The second-order valence-electron chi connectivity index (χ2n) is 7.09. The van der Waals surface area contributed by atoms with Crippen molar-refractivity contribution in [1.82, 2.24) is 4.98 Å². The van der Waals surface area contributed by atoms with E-state index in [9.17, 15) is 13.2 Å². The lowest BCUT2D eigenvalue weighted by Crippen LogP contribution is -2.19. The number of sulfonamides is 1. The quantitative estimate of drug-likeness (QED) is 0.373. The molecule has 1 heterocycles. The zero-order valence-electron chi connectivity index (χ0n) is 16.6. The van der Waals surface area contributed by atoms with E-state index in [4.69, 9.17) is 0 Å². The molecule has 0 saturated carbocycles. The molecule has 1 N–H and O–H groups in total. The third-order valence-electron chi connectivity index (χ3n) is 4.91. The van der Waals surface area contributed by atoms with Crippen molar-refractivity contribution in [3.63, 3.8) is 0 Å². The summed E-state index contributed by atoms with van der Waals surface area (Å²) in [4.78, 5) is 16.7. The van der Waals surface area contributed by atoms with Crippen molar-refractivity contribution in [3.8, 4) is 0 Å². The molecule has 0 saturated heterocycles. The Morgan fingerprint density at radius 3 is 2.17 bits per heavy atom. The van der Waals surface area contributed by atoms with Crippen molar-refractivity contribution in [2.75, 3.05) is 0 Å². The molecule has 0 bridgehead atoms. The summed E-state index contributed by atoms with van der Waals surface area (Å²) in [6.07, 6.45) is 0. The van der Waals surface area contributed by atoms with Gasteiger partial charge in [-0.05, 0) is 32.0 Å². The van der Waals surface area contributed by atoms with Gasteiger partial charge in [0.2, 0.25) is 5.78 Å². The van der Waals surface area contributed by atoms with E-state index in [0.29, 0.717) is 16.8 Å². The molecule has 0 aliphatic heterocycles. The van der Waals surface area contributed by atoms with Crippen LogP contribution in [0.1, 0.15) is 27.2 Å². The van der Waals surface area contributed by atoms with Crippen molar-refractivity contribution >= 4 is 32.4 Å². The third kappa shape index (κ3) is 3.69. The molecule has 30 heavy (non-hydrogen) atoms. The molecular weight excluding hydrogens is 396 g/mol. The largest absolute Gasteiger partial charge is 0.358 e. The average molecular weight is 417 g/mol. The van der Waals surface area contributed by atoms with Crippen LogP contribution in [0.15, 0.2) is 88.2 Å². The van der Waals surface area contributed by atoms with Gasteiger partial charge in [0, 0.05) is 27.7 Å². The number of hydrogen-bond acceptors (Lipinski definition) is 3. The number of para-hydroxylation sites is 1. The van der Waals surface area contributed by atoms with Gasteiger partial charge in [0.1, 0.15) is 5.71 Å². The lowest BCUT2D eigenvalue weighted by Gasteiger charge is -2.08. The molecule has 4 aromatic rings. The van der Waals surface area contributed by atoms with Crippen LogP contribution in [-0.2, 0) is 10.0 Å². The molecule has 0 radical (unpaired) electrons. The number of aryl methyl sites for hydroxylation is 2. The Morgan fingerprint density at radius 1 is 0.833 bits per heavy atom. The van der Waals surface area contributed by atoms with Crippen LogP contribution in [0.3, 0.4) is 0 Å². The van der Waals surface area contributed by atoms with Gasteiger partial charge in [-0.15, -0.1) is 0 Å². The molecule has 0 spiro atoms. The number of Topliss-reactive ketones (excluding diaryl/α,β-unsaturated/α-hetero) is 1. The van der Waals surface area contributed by atoms with Crippen LogP contribution >= 0.6 is 0 Å². The molecule has 6 heteroatoms. The number of benzene rings is 3. The molecule has 0 aliphatic rings. The van der Waals surface area contributed by atoms with Crippen LogP contribution in [0.5, 0.6) is 0 Å². The van der Waals surface area contributed by atoms with E-state index >= 15 is 0 Å². The zero-order valence-corrected chi connectivity index (χ0v) is 17.4. The number of nitrogens with zero attached hydrogens (tertiary/aromatic N) is 1. The fourth-order valence-electron chi connectivity index (χ4n) is 3.39. The number of rotatable bonds is 5. The van der Waals surface area contributed by atoms with Crippen LogP contribution in [0.4, 0.5) is 0 Å². The van der Waals surface area contributed by atoms with Gasteiger partial charge < -0.3 is 4.98 Å². The van der Waals surface area contributed by atoms with E-state index in [-0.39, 0.29) is 10.6 Å². The Labute approximate surface area is 175 Å². The van der Waals surface area contributed by atoms with Crippen molar-refractivity contribution in [2.24, 2.45) is 4.40 Å². The molecule has 0 aliphatic carbocycles. The number of ketones is 1. The Bertz CT molecular complexity index is 1370. The molecule has 0 atom stereocenters. The SMILES string of the molecule is Cc1ccc(S(=O)(=O)/N=C(/C(=O)c2ccccc2)c2c(C)[nH]c3ccccc23)cc1. The van der Waals surface area contributed by atoms with E-state index in [1.54, 1.807) is 42.5 Å². The van der Waals surface area contributed by atoms with E-state index in [1.807, 2.05) is 38.1 Å². The van der Waals surface area contributed by atoms with Crippen molar-refractivity contribution < 1.29 is 13.2 Å². The smallest absolute Gasteiger partial charge is 0.283 e. The molecule has 1 aromatic heterocycles. The standard InChI is InChI=1S/C24H20N2O3S/c1-16-12-14-19(15-13-16)30(28,29)26-23(24(27)18-8-4-3-5-9-18)22-17(2)25-21-11-7-6-10-20(21)22/h3-15,25H,1-2H3/b26-23+. The number of aromatic nitrogens is 1. The minimum Gasteiger partial charge on any atom is -0.358 e. The highest BCUT2D eigenvalue weighted by molar-refractivity contribution is 7.90. The Morgan fingerprint density at radius 2 is 1.47 bits per heavy atom. The highest BCUT2D eigenvalue weighted by atomic mass is 32.2. The summed E-state index contributed by atoms with van der Waals surface area (Å²) >= 11 is 0. The molecule has 0 unspecified atom stereocenters. The summed E-state index contributed by atoms with van der Waals surface area (Å²) < 4.78 is 30.2. The Balaban J connectivity index is 1.96. The molecule has 150 valence electrons. The van der Waals surface area contributed by atoms with Gasteiger partial charge >= 0.3 is 0 Å². The van der Waals surface area contributed by atoms with Gasteiger partial charge in [0.05, 0.1) is 4.90 Å². The first kappa shape index (κ1) is 19.8.